The molecule has 0 bridgehead atoms. The van der Waals surface area contributed by atoms with Gasteiger partial charge >= 0.3 is 5.63 Å². The topological polar surface area (TPSA) is 66.9 Å². The van der Waals surface area contributed by atoms with Crippen molar-refractivity contribution in [2.24, 2.45) is 0 Å². The Morgan fingerprint density at radius 1 is 1.11 bits per heavy atom. The molecule has 1 aromatic heterocycles. The van der Waals surface area contributed by atoms with E-state index in [1.54, 1.807) is 12.1 Å². The largest absolute Gasteiger partial charge is 0.403 e. The molecule has 2 aromatic carbocycles. The minimum atomic E-state index is -0.485. The fourth-order valence-electron chi connectivity index (χ4n) is 1.85. The van der Waals surface area contributed by atoms with Gasteiger partial charge in [0, 0.05) is 5.56 Å². The van der Waals surface area contributed by atoms with E-state index in [-0.39, 0.29) is 5.89 Å². The van der Waals surface area contributed by atoms with Gasteiger partial charge in [-0.05, 0) is 30.3 Å². The van der Waals surface area contributed by atoms with Crippen LogP contribution in [0, 0.1) is 11.3 Å². The number of benzene rings is 2. The van der Waals surface area contributed by atoms with Gasteiger partial charge in [0.25, 0.3) is 0 Å². The molecule has 90 valence electrons. The van der Waals surface area contributed by atoms with Crippen molar-refractivity contribution in [3.8, 4) is 17.5 Å². The number of rotatable bonds is 1. The van der Waals surface area contributed by atoms with E-state index < -0.39 is 5.63 Å². The second-order valence-electron chi connectivity index (χ2n) is 4.02. The highest BCUT2D eigenvalue weighted by atomic mass is 16.4. The molecular formula is C15H8N2O2. The van der Waals surface area contributed by atoms with E-state index in [4.69, 9.17) is 9.68 Å². The van der Waals surface area contributed by atoms with Gasteiger partial charge in [-0.2, -0.15) is 5.26 Å². The second-order valence-corrected chi connectivity index (χ2v) is 4.02. The number of nitrogens with zero attached hydrogens (tertiary/aromatic N) is 2. The number of fused-ring (bicyclic) bond motifs is 1. The van der Waals surface area contributed by atoms with Crippen LogP contribution in [0.25, 0.3) is 22.4 Å². The van der Waals surface area contributed by atoms with E-state index in [2.05, 4.69) is 4.98 Å². The molecule has 19 heavy (non-hydrogen) atoms. The molecule has 0 aliphatic carbocycles. The molecule has 0 saturated heterocycles. The summed E-state index contributed by atoms with van der Waals surface area (Å²) >= 11 is 0. The number of nitriles is 1. The van der Waals surface area contributed by atoms with E-state index in [1.807, 2.05) is 36.4 Å². The highest BCUT2D eigenvalue weighted by molar-refractivity contribution is 5.80. The van der Waals surface area contributed by atoms with Crippen molar-refractivity contribution in [1.29, 1.82) is 5.26 Å². The number of hydrogen-bond donors (Lipinski definition) is 0. The average molecular weight is 248 g/mol. The lowest BCUT2D eigenvalue weighted by molar-refractivity contribution is 0.518. The molecule has 0 aliphatic rings. The summed E-state index contributed by atoms with van der Waals surface area (Å²) in [5.74, 6) is 0.280. The lowest BCUT2D eigenvalue weighted by Gasteiger charge is -2.01. The van der Waals surface area contributed by atoms with Crippen molar-refractivity contribution in [3.05, 3.63) is 64.5 Å². The normalized spacial score (nSPS) is 10.3. The van der Waals surface area contributed by atoms with E-state index >= 15 is 0 Å². The molecule has 0 aliphatic heterocycles. The van der Waals surface area contributed by atoms with E-state index in [9.17, 15) is 4.79 Å². The van der Waals surface area contributed by atoms with Crippen LogP contribution in [-0.2, 0) is 0 Å². The Bertz CT molecular complexity index is 845. The van der Waals surface area contributed by atoms with Gasteiger partial charge in [-0.3, -0.25) is 0 Å². The van der Waals surface area contributed by atoms with Crippen LogP contribution in [0.2, 0.25) is 0 Å². The predicted octanol–water partition coefficient (Wildman–Crippen LogP) is 2.73. The fraction of sp³-hybridized carbons (Fsp3) is 0. The van der Waals surface area contributed by atoms with Crippen LogP contribution in [0.5, 0.6) is 0 Å². The van der Waals surface area contributed by atoms with Crippen LogP contribution in [-0.4, -0.2) is 4.98 Å². The van der Waals surface area contributed by atoms with Gasteiger partial charge < -0.3 is 4.42 Å². The number of aromatic nitrogens is 1. The average Bonchev–Trinajstić information content (AvgIpc) is 2.48. The first-order valence-corrected chi connectivity index (χ1v) is 5.68. The van der Waals surface area contributed by atoms with Crippen LogP contribution in [0.1, 0.15) is 5.56 Å². The van der Waals surface area contributed by atoms with Gasteiger partial charge in [0.15, 0.2) is 0 Å². The first kappa shape index (κ1) is 11.2. The van der Waals surface area contributed by atoms with Crippen molar-refractivity contribution in [2.45, 2.75) is 0 Å². The third-order valence-corrected chi connectivity index (χ3v) is 2.78. The zero-order valence-corrected chi connectivity index (χ0v) is 9.83. The Morgan fingerprint density at radius 2 is 1.89 bits per heavy atom. The van der Waals surface area contributed by atoms with Gasteiger partial charge in [0.05, 0.1) is 22.5 Å². The first-order valence-electron chi connectivity index (χ1n) is 5.68. The Balaban J connectivity index is 2.27. The zero-order valence-electron chi connectivity index (χ0n) is 9.83. The van der Waals surface area contributed by atoms with E-state index in [0.717, 1.165) is 5.56 Å². The predicted molar refractivity (Wildman–Crippen MR) is 70.4 cm³/mol. The minimum Gasteiger partial charge on any atom is -0.403 e. The standard InChI is InChI=1S/C15H8N2O2/c16-9-10-6-7-13-12(8-10)15(18)19-14(17-13)11-4-2-1-3-5-11/h1-8H. The minimum absolute atomic E-state index is 0.280. The molecule has 0 radical (unpaired) electrons. The zero-order chi connectivity index (χ0) is 13.2. The first-order chi connectivity index (χ1) is 9.28. The molecule has 1 heterocycles. The summed E-state index contributed by atoms with van der Waals surface area (Å²) in [6.07, 6.45) is 0. The van der Waals surface area contributed by atoms with E-state index in [1.165, 1.54) is 6.07 Å². The molecule has 0 fully saturated rings. The van der Waals surface area contributed by atoms with Crippen LogP contribution >= 0.6 is 0 Å². The molecule has 4 heteroatoms. The van der Waals surface area contributed by atoms with Crippen LogP contribution in [0.15, 0.2) is 57.7 Å². The quantitative estimate of drug-likeness (QED) is 0.664. The maximum atomic E-state index is 11.9. The van der Waals surface area contributed by atoms with Gasteiger partial charge in [-0.1, -0.05) is 18.2 Å². The third kappa shape index (κ3) is 1.98. The summed E-state index contributed by atoms with van der Waals surface area (Å²) in [6.45, 7) is 0. The number of hydrogen-bond acceptors (Lipinski definition) is 4. The van der Waals surface area contributed by atoms with Crippen molar-refractivity contribution < 1.29 is 4.42 Å². The maximum absolute atomic E-state index is 11.9. The molecule has 0 atom stereocenters. The van der Waals surface area contributed by atoms with Gasteiger partial charge in [-0.25, -0.2) is 9.78 Å². The Morgan fingerprint density at radius 3 is 2.63 bits per heavy atom. The summed E-state index contributed by atoms with van der Waals surface area (Å²) in [7, 11) is 0. The molecular weight excluding hydrogens is 240 g/mol. The van der Waals surface area contributed by atoms with Crippen LogP contribution < -0.4 is 5.63 Å². The molecule has 3 aromatic rings. The smallest absolute Gasteiger partial charge is 0.347 e. The van der Waals surface area contributed by atoms with Crippen LogP contribution in [0.3, 0.4) is 0 Å². The van der Waals surface area contributed by atoms with Crippen molar-refractivity contribution in [1.82, 2.24) is 4.98 Å². The summed E-state index contributed by atoms with van der Waals surface area (Å²) in [4.78, 5) is 16.2. The van der Waals surface area contributed by atoms with Crippen molar-refractivity contribution in [2.75, 3.05) is 0 Å². The Labute approximate surface area is 108 Å². The monoisotopic (exact) mass is 248 g/mol. The summed E-state index contributed by atoms with van der Waals surface area (Å²) in [5, 5.41) is 9.14. The SMILES string of the molecule is N#Cc1ccc2nc(-c3ccccc3)oc(=O)c2c1. The molecule has 4 nitrogen and oxygen atoms in total. The van der Waals surface area contributed by atoms with Gasteiger partial charge in [-0.15, -0.1) is 0 Å². The maximum Gasteiger partial charge on any atom is 0.347 e. The summed E-state index contributed by atoms with van der Waals surface area (Å²) < 4.78 is 5.20. The van der Waals surface area contributed by atoms with Crippen molar-refractivity contribution >= 4 is 10.9 Å². The molecule has 3 rings (SSSR count). The van der Waals surface area contributed by atoms with Gasteiger partial charge in [0.2, 0.25) is 5.89 Å². The van der Waals surface area contributed by atoms with Gasteiger partial charge in [0.1, 0.15) is 0 Å². The highest BCUT2D eigenvalue weighted by Gasteiger charge is 2.08. The Hall–Kier alpha value is -2.93. The molecule has 0 spiro atoms. The van der Waals surface area contributed by atoms with E-state index in [0.29, 0.717) is 16.5 Å². The second kappa shape index (κ2) is 4.39. The molecule has 0 unspecified atom stereocenters. The highest BCUT2D eigenvalue weighted by Crippen LogP contribution is 2.18. The third-order valence-electron chi connectivity index (χ3n) is 2.78. The summed E-state index contributed by atoms with van der Waals surface area (Å²) in [6, 6.07) is 16.0. The summed E-state index contributed by atoms with van der Waals surface area (Å²) in [5.41, 5.74) is 1.19. The lowest BCUT2D eigenvalue weighted by atomic mass is 10.1. The van der Waals surface area contributed by atoms with Crippen molar-refractivity contribution in [3.63, 3.8) is 0 Å². The lowest BCUT2D eigenvalue weighted by Crippen LogP contribution is -2.03. The fourth-order valence-corrected chi connectivity index (χ4v) is 1.85. The van der Waals surface area contributed by atoms with Crippen LogP contribution in [0.4, 0.5) is 0 Å². The molecule has 0 N–H and O–H groups in total. The molecule has 0 amide bonds. The Kier molecular flexibility index (Phi) is 2.58. The molecule has 0 saturated carbocycles.